The van der Waals surface area contributed by atoms with Crippen molar-refractivity contribution >= 4 is 11.9 Å². The molecule has 0 radical (unpaired) electrons. The van der Waals surface area contributed by atoms with Crippen LogP contribution in [0.3, 0.4) is 0 Å². The van der Waals surface area contributed by atoms with Gasteiger partial charge in [-0.15, -0.1) is 0 Å². The Kier molecular flexibility index (Phi) is 5.53. The number of nitrogens with zero attached hydrogens (tertiary/aromatic N) is 1. The van der Waals surface area contributed by atoms with Crippen LogP contribution in [0.1, 0.15) is 53.6 Å². The van der Waals surface area contributed by atoms with Crippen molar-refractivity contribution in [2.24, 2.45) is 0 Å². The van der Waals surface area contributed by atoms with Gasteiger partial charge in [-0.2, -0.15) is 0 Å². The Morgan fingerprint density at radius 2 is 1.88 bits per heavy atom. The number of aromatic carboxylic acids is 1. The fourth-order valence-corrected chi connectivity index (χ4v) is 3.54. The summed E-state index contributed by atoms with van der Waals surface area (Å²) in [5, 5.41) is 9.34. The predicted octanol–water partition coefficient (Wildman–Crippen LogP) is 3.88. The Labute approximate surface area is 147 Å². The van der Waals surface area contributed by atoms with Crippen LogP contribution in [0.25, 0.3) is 0 Å². The van der Waals surface area contributed by atoms with Crippen molar-refractivity contribution in [2.45, 2.75) is 51.1 Å². The molecule has 0 saturated heterocycles. The van der Waals surface area contributed by atoms with E-state index in [0.29, 0.717) is 12.1 Å². The zero-order valence-electron chi connectivity index (χ0n) is 14.2. The number of carboxylic acids is 1. The molecular formula is C20H23NO4. The van der Waals surface area contributed by atoms with Crippen LogP contribution in [0.15, 0.2) is 47.3 Å². The smallest absolute Gasteiger partial charge is 0.335 e. The summed E-state index contributed by atoms with van der Waals surface area (Å²) in [5.41, 5.74) is 1.72. The predicted molar refractivity (Wildman–Crippen MR) is 93.2 cm³/mol. The molecular weight excluding hydrogens is 318 g/mol. The molecule has 0 aliphatic heterocycles. The molecule has 1 amide bonds. The van der Waals surface area contributed by atoms with Gasteiger partial charge in [0.1, 0.15) is 0 Å². The van der Waals surface area contributed by atoms with Crippen molar-refractivity contribution < 1.29 is 19.1 Å². The largest absolute Gasteiger partial charge is 0.478 e. The lowest BCUT2D eigenvalue weighted by atomic mass is 9.93. The highest BCUT2D eigenvalue weighted by molar-refractivity contribution is 5.91. The molecule has 3 rings (SSSR count). The van der Waals surface area contributed by atoms with Crippen LogP contribution in [-0.2, 0) is 17.8 Å². The number of hydrogen-bond acceptors (Lipinski definition) is 3. The molecule has 5 nitrogen and oxygen atoms in total. The highest BCUT2D eigenvalue weighted by atomic mass is 16.4. The second-order valence-corrected chi connectivity index (χ2v) is 6.58. The van der Waals surface area contributed by atoms with E-state index in [9.17, 15) is 14.7 Å². The number of carbonyl (C=O) groups excluding carboxylic acids is 1. The standard InChI is InChI=1S/C20H23NO4/c22-19(12-16-6-4-5-9-18(16)20(23)24)21(13-15-10-11-25-14-15)17-7-2-1-3-8-17/h4-6,9-11,14,17H,1-3,7-8,12-13H2,(H,23,24). The minimum atomic E-state index is -0.998. The van der Waals surface area contributed by atoms with Crippen LogP contribution >= 0.6 is 0 Å². The lowest BCUT2D eigenvalue weighted by Gasteiger charge is -2.34. The molecule has 0 spiro atoms. The van der Waals surface area contributed by atoms with Gasteiger partial charge in [-0.05, 0) is 30.5 Å². The number of rotatable bonds is 6. The summed E-state index contributed by atoms with van der Waals surface area (Å²) >= 11 is 0. The highest BCUT2D eigenvalue weighted by Crippen LogP contribution is 2.25. The molecule has 132 valence electrons. The molecule has 1 saturated carbocycles. The van der Waals surface area contributed by atoms with Crippen molar-refractivity contribution in [2.75, 3.05) is 0 Å². The van der Waals surface area contributed by atoms with Gasteiger partial charge in [-0.1, -0.05) is 37.5 Å². The molecule has 1 aliphatic carbocycles. The lowest BCUT2D eigenvalue weighted by Crippen LogP contribution is -2.41. The Morgan fingerprint density at radius 1 is 1.12 bits per heavy atom. The topological polar surface area (TPSA) is 70.8 Å². The van der Waals surface area contributed by atoms with Crippen molar-refractivity contribution in [3.05, 3.63) is 59.5 Å². The summed E-state index contributed by atoms with van der Waals surface area (Å²) in [4.78, 5) is 26.3. The van der Waals surface area contributed by atoms with E-state index < -0.39 is 5.97 Å². The van der Waals surface area contributed by atoms with E-state index in [2.05, 4.69) is 0 Å². The average Bonchev–Trinajstić information content (AvgIpc) is 3.14. The summed E-state index contributed by atoms with van der Waals surface area (Å²) in [7, 11) is 0. The van der Waals surface area contributed by atoms with Crippen molar-refractivity contribution in [1.29, 1.82) is 0 Å². The molecule has 1 aromatic heterocycles. The maximum Gasteiger partial charge on any atom is 0.335 e. The number of benzene rings is 1. The van der Waals surface area contributed by atoms with Crippen molar-refractivity contribution in [1.82, 2.24) is 4.90 Å². The van der Waals surface area contributed by atoms with Crippen LogP contribution < -0.4 is 0 Å². The van der Waals surface area contributed by atoms with E-state index in [4.69, 9.17) is 4.42 Å². The molecule has 0 atom stereocenters. The average molecular weight is 341 g/mol. The molecule has 1 N–H and O–H groups in total. The van der Waals surface area contributed by atoms with Crippen LogP contribution in [0.2, 0.25) is 0 Å². The Balaban J connectivity index is 1.80. The van der Waals surface area contributed by atoms with E-state index in [1.807, 2.05) is 11.0 Å². The second kappa shape index (κ2) is 8.01. The molecule has 25 heavy (non-hydrogen) atoms. The molecule has 0 bridgehead atoms. The van der Waals surface area contributed by atoms with E-state index >= 15 is 0 Å². The van der Waals surface area contributed by atoms with Gasteiger partial charge in [0.05, 0.1) is 24.5 Å². The third-order valence-corrected chi connectivity index (χ3v) is 4.86. The van der Waals surface area contributed by atoms with E-state index in [-0.39, 0.29) is 23.9 Å². The van der Waals surface area contributed by atoms with Gasteiger partial charge in [0.2, 0.25) is 5.91 Å². The fraction of sp³-hybridized carbons (Fsp3) is 0.400. The highest BCUT2D eigenvalue weighted by Gasteiger charge is 2.26. The van der Waals surface area contributed by atoms with Crippen LogP contribution in [0.5, 0.6) is 0 Å². The van der Waals surface area contributed by atoms with Crippen LogP contribution in [0.4, 0.5) is 0 Å². The van der Waals surface area contributed by atoms with Gasteiger partial charge < -0.3 is 14.4 Å². The minimum Gasteiger partial charge on any atom is -0.478 e. The summed E-state index contributed by atoms with van der Waals surface area (Å²) < 4.78 is 5.14. The monoisotopic (exact) mass is 341 g/mol. The summed E-state index contributed by atoms with van der Waals surface area (Å²) in [6, 6.07) is 8.81. The Hall–Kier alpha value is -2.56. The van der Waals surface area contributed by atoms with Crippen LogP contribution in [-0.4, -0.2) is 27.9 Å². The number of carbonyl (C=O) groups is 2. The molecule has 0 unspecified atom stereocenters. The molecule has 1 aromatic carbocycles. The van der Waals surface area contributed by atoms with Gasteiger partial charge in [0, 0.05) is 18.2 Å². The molecule has 1 fully saturated rings. The lowest BCUT2D eigenvalue weighted by molar-refractivity contribution is -0.134. The first-order valence-electron chi connectivity index (χ1n) is 8.77. The number of amides is 1. The second-order valence-electron chi connectivity index (χ2n) is 6.58. The number of carboxylic acid groups (broad SMARTS) is 1. The third-order valence-electron chi connectivity index (χ3n) is 4.86. The van der Waals surface area contributed by atoms with E-state index in [1.54, 1.807) is 36.8 Å². The maximum absolute atomic E-state index is 13.0. The zero-order valence-corrected chi connectivity index (χ0v) is 14.2. The van der Waals surface area contributed by atoms with Gasteiger partial charge >= 0.3 is 5.97 Å². The minimum absolute atomic E-state index is 0.0261. The first-order valence-corrected chi connectivity index (χ1v) is 8.77. The van der Waals surface area contributed by atoms with Gasteiger partial charge in [-0.25, -0.2) is 4.79 Å². The summed E-state index contributed by atoms with van der Waals surface area (Å²) in [5.74, 6) is -1.02. The summed E-state index contributed by atoms with van der Waals surface area (Å²) in [6.07, 6.45) is 8.86. The maximum atomic E-state index is 13.0. The Morgan fingerprint density at radius 3 is 2.56 bits per heavy atom. The quantitative estimate of drug-likeness (QED) is 0.865. The first-order chi connectivity index (χ1) is 12.1. The van der Waals surface area contributed by atoms with Gasteiger partial charge in [-0.3, -0.25) is 4.79 Å². The molecule has 1 aliphatic rings. The SMILES string of the molecule is O=C(O)c1ccccc1CC(=O)N(Cc1ccoc1)C1CCCCC1. The molecule has 2 aromatic rings. The molecule has 5 heteroatoms. The zero-order chi connectivity index (χ0) is 17.6. The number of hydrogen-bond donors (Lipinski definition) is 1. The summed E-state index contributed by atoms with van der Waals surface area (Å²) in [6.45, 7) is 0.509. The van der Waals surface area contributed by atoms with E-state index in [0.717, 1.165) is 31.2 Å². The van der Waals surface area contributed by atoms with Crippen molar-refractivity contribution in [3.8, 4) is 0 Å². The third kappa shape index (κ3) is 4.29. The first kappa shape index (κ1) is 17.3. The fourth-order valence-electron chi connectivity index (χ4n) is 3.54. The van der Waals surface area contributed by atoms with E-state index in [1.165, 1.54) is 6.42 Å². The molecule has 1 heterocycles. The van der Waals surface area contributed by atoms with Gasteiger partial charge in [0.25, 0.3) is 0 Å². The van der Waals surface area contributed by atoms with Gasteiger partial charge in [0.15, 0.2) is 0 Å². The number of furan rings is 1. The van der Waals surface area contributed by atoms with Crippen molar-refractivity contribution in [3.63, 3.8) is 0 Å². The normalized spacial score (nSPS) is 15.0. The Bertz CT molecular complexity index is 717. The van der Waals surface area contributed by atoms with Crippen LogP contribution in [0, 0.1) is 0 Å².